The summed E-state index contributed by atoms with van der Waals surface area (Å²) < 4.78 is 1.26. The highest BCUT2D eigenvalue weighted by Gasteiger charge is 2.13. The van der Waals surface area contributed by atoms with Crippen LogP contribution < -0.4 is 5.32 Å². The van der Waals surface area contributed by atoms with E-state index in [-0.39, 0.29) is 25.3 Å². The third kappa shape index (κ3) is 3.78. The number of aryl methyl sites for hydroxylation is 2. The fraction of sp³-hybridized carbons (Fsp3) is 0.444. The Kier molecular flexibility index (Phi) is 4.30. The highest BCUT2D eigenvalue weighted by Crippen LogP contribution is 2.13. The first-order valence-corrected chi connectivity index (χ1v) is 6.43. The van der Waals surface area contributed by atoms with E-state index in [9.17, 15) is 9.59 Å². The van der Waals surface area contributed by atoms with Crippen LogP contribution in [0.2, 0.25) is 0 Å². The number of rotatable bonds is 6. The minimum atomic E-state index is -0.951. The van der Waals surface area contributed by atoms with Gasteiger partial charge in [0.1, 0.15) is 11.6 Å². The first-order valence-electron chi connectivity index (χ1n) is 5.61. The zero-order valence-electron chi connectivity index (χ0n) is 10.5. The number of aliphatic carboxylic acids is 1. The smallest absolute Gasteiger partial charge is 0.303 e. The third-order valence-electron chi connectivity index (χ3n) is 2.23. The Bertz CT molecular complexity index is 623. The van der Waals surface area contributed by atoms with Crippen molar-refractivity contribution in [2.24, 2.45) is 0 Å². The van der Waals surface area contributed by atoms with E-state index in [1.807, 2.05) is 0 Å². The van der Waals surface area contributed by atoms with Gasteiger partial charge in [0.05, 0.1) is 6.42 Å². The summed E-state index contributed by atoms with van der Waals surface area (Å²) >= 11 is 1.25. The second-order valence-corrected chi connectivity index (χ2v) is 5.00. The average Bonchev–Trinajstić information content (AvgIpc) is 2.96. The molecule has 10 nitrogen and oxygen atoms in total. The molecule has 0 spiro atoms. The van der Waals surface area contributed by atoms with Gasteiger partial charge in [-0.05, 0) is 17.4 Å². The van der Waals surface area contributed by atoms with Gasteiger partial charge in [-0.1, -0.05) is 11.3 Å². The van der Waals surface area contributed by atoms with Gasteiger partial charge in [0.2, 0.25) is 11.0 Å². The first kappa shape index (κ1) is 14.0. The van der Waals surface area contributed by atoms with Crippen molar-refractivity contribution in [1.29, 1.82) is 0 Å². The molecule has 0 saturated heterocycles. The van der Waals surface area contributed by atoms with Crippen molar-refractivity contribution in [2.45, 2.75) is 26.3 Å². The van der Waals surface area contributed by atoms with Crippen LogP contribution in [0.1, 0.15) is 17.3 Å². The Hall–Kier alpha value is -2.43. The molecule has 0 aliphatic heterocycles. The van der Waals surface area contributed by atoms with E-state index in [0.29, 0.717) is 11.0 Å². The molecule has 20 heavy (non-hydrogen) atoms. The molecule has 11 heteroatoms. The number of carboxylic acids is 1. The Balaban J connectivity index is 1.94. The summed E-state index contributed by atoms with van der Waals surface area (Å²) in [5.74, 6) is -0.964. The summed E-state index contributed by atoms with van der Waals surface area (Å²) in [6, 6.07) is 0. The normalized spacial score (nSPS) is 10.4. The zero-order valence-corrected chi connectivity index (χ0v) is 11.3. The molecular formula is C9H11N7O3S. The van der Waals surface area contributed by atoms with Gasteiger partial charge in [-0.15, -0.1) is 15.3 Å². The van der Waals surface area contributed by atoms with Crippen molar-refractivity contribution < 1.29 is 14.7 Å². The zero-order chi connectivity index (χ0) is 14.5. The number of amides is 1. The summed E-state index contributed by atoms with van der Waals surface area (Å²) in [5, 5.41) is 30.6. The topological polar surface area (TPSA) is 136 Å². The number of hydrogen-bond acceptors (Lipinski definition) is 8. The van der Waals surface area contributed by atoms with E-state index in [1.165, 1.54) is 16.0 Å². The number of carbonyl (C=O) groups is 2. The maximum absolute atomic E-state index is 11.8. The van der Waals surface area contributed by atoms with Crippen LogP contribution in [0.4, 0.5) is 5.13 Å². The van der Waals surface area contributed by atoms with Crippen LogP contribution in [0.25, 0.3) is 0 Å². The van der Waals surface area contributed by atoms with Gasteiger partial charge in [0.15, 0.2) is 5.82 Å². The number of anilines is 1. The Morgan fingerprint density at radius 1 is 1.35 bits per heavy atom. The molecule has 2 aromatic rings. The van der Waals surface area contributed by atoms with Crippen molar-refractivity contribution in [2.75, 3.05) is 5.32 Å². The van der Waals surface area contributed by atoms with Gasteiger partial charge in [-0.25, -0.2) is 4.68 Å². The van der Waals surface area contributed by atoms with E-state index in [4.69, 9.17) is 5.11 Å². The molecule has 2 rings (SSSR count). The maximum atomic E-state index is 11.8. The SMILES string of the molecule is Cc1nnc(NC(=O)Cn2nnnc2CCC(=O)O)s1. The van der Waals surface area contributed by atoms with Gasteiger partial charge in [0, 0.05) is 6.42 Å². The number of aromatic nitrogens is 6. The van der Waals surface area contributed by atoms with Gasteiger partial charge < -0.3 is 5.11 Å². The van der Waals surface area contributed by atoms with Crippen LogP contribution in [-0.2, 0) is 22.6 Å². The lowest BCUT2D eigenvalue weighted by Crippen LogP contribution is -2.21. The van der Waals surface area contributed by atoms with Crippen LogP contribution >= 0.6 is 11.3 Å². The fourth-order valence-corrected chi connectivity index (χ4v) is 1.99. The van der Waals surface area contributed by atoms with E-state index in [1.54, 1.807) is 6.92 Å². The summed E-state index contributed by atoms with van der Waals surface area (Å²) in [7, 11) is 0. The highest BCUT2D eigenvalue weighted by atomic mass is 32.1. The standard InChI is InChI=1S/C9H11N7O3S/c1-5-11-13-9(20-5)10-7(17)4-16-6(12-14-15-16)2-3-8(18)19/h2-4H2,1H3,(H,18,19)(H,10,13,17). The van der Waals surface area contributed by atoms with E-state index in [0.717, 1.165) is 5.01 Å². The number of nitrogens with one attached hydrogen (secondary N) is 1. The van der Waals surface area contributed by atoms with Gasteiger partial charge in [-0.3, -0.25) is 14.9 Å². The number of nitrogens with zero attached hydrogens (tertiary/aromatic N) is 6. The molecular weight excluding hydrogens is 286 g/mol. The molecule has 0 aliphatic carbocycles. The molecule has 0 bridgehead atoms. The summed E-state index contributed by atoms with van der Waals surface area (Å²) in [4.78, 5) is 22.3. The lowest BCUT2D eigenvalue weighted by molar-refractivity contribution is -0.137. The van der Waals surface area contributed by atoms with Crippen molar-refractivity contribution >= 4 is 28.3 Å². The molecule has 1 amide bonds. The monoisotopic (exact) mass is 297 g/mol. The second kappa shape index (κ2) is 6.14. The summed E-state index contributed by atoms with van der Waals surface area (Å²) in [6.07, 6.45) is 0.0606. The number of hydrogen-bond donors (Lipinski definition) is 2. The molecule has 0 fully saturated rings. The van der Waals surface area contributed by atoms with Gasteiger partial charge in [0.25, 0.3) is 0 Å². The van der Waals surface area contributed by atoms with Crippen molar-refractivity contribution in [3.8, 4) is 0 Å². The van der Waals surface area contributed by atoms with Crippen molar-refractivity contribution in [3.05, 3.63) is 10.8 Å². The Morgan fingerprint density at radius 3 is 2.80 bits per heavy atom. The highest BCUT2D eigenvalue weighted by molar-refractivity contribution is 7.15. The largest absolute Gasteiger partial charge is 0.481 e. The molecule has 2 aromatic heterocycles. The lowest BCUT2D eigenvalue weighted by Gasteiger charge is -2.03. The summed E-state index contributed by atoms with van der Waals surface area (Å²) in [5.41, 5.74) is 0. The molecule has 106 valence electrons. The Morgan fingerprint density at radius 2 is 2.15 bits per heavy atom. The molecule has 0 unspecified atom stereocenters. The molecule has 0 radical (unpaired) electrons. The fourth-order valence-electron chi connectivity index (χ4n) is 1.39. The average molecular weight is 297 g/mol. The van der Waals surface area contributed by atoms with E-state index < -0.39 is 5.97 Å². The minimum absolute atomic E-state index is 0.0996. The second-order valence-electron chi connectivity index (χ2n) is 3.82. The Labute approximate surface area is 116 Å². The third-order valence-corrected chi connectivity index (χ3v) is 2.99. The molecule has 0 aromatic carbocycles. The summed E-state index contributed by atoms with van der Waals surface area (Å²) in [6.45, 7) is 1.67. The van der Waals surface area contributed by atoms with Crippen LogP contribution in [0.15, 0.2) is 0 Å². The maximum Gasteiger partial charge on any atom is 0.303 e. The molecule has 0 aliphatic rings. The number of carboxylic acid groups (broad SMARTS) is 1. The van der Waals surface area contributed by atoms with Crippen LogP contribution in [0, 0.1) is 6.92 Å². The molecule has 2 N–H and O–H groups in total. The lowest BCUT2D eigenvalue weighted by atomic mass is 10.3. The number of tetrazole rings is 1. The predicted octanol–water partition coefficient (Wildman–Crippen LogP) is -0.511. The van der Waals surface area contributed by atoms with Crippen LogP contribution in [0.3, 0.4) is 0 Å². The first-order chi connectivity index (χ1) is 9.54. The molecule has 0 saturated carbocycles. The van der Waals surface area contributed by atoms with Crippen LogP contribution in [-0.4, -0.2) is 47.4 Å². The quantitative estimate of drug-likeness (QED) is 0.727. The van der Waals surface area contributed by atoms with Crippen molar-refractivity contribution in [3.63, 3.8) is 0 Å². The van der Waals surface area contributed by atoms with Crippen LogP contribution in [0.5, 0.6) is 0 Å². The molecule has 2 heterocycles. The predicted molar refractivity (Wildman–Crippen MR) is 67.0 cm³/mol. The van der Waals surface area contributed by atoms with Crippen molar-refractivity contribution in [1.82, 2.24) is 30.4 Å². The van der Waals surface area contributed by atoms with E-state index in [2.05, 4.69) is 31.0 Å². The minimum Gasteiger partial charge on any atom is -0.481 e. The van der Waals surface area contributed by atoms with Gasteiger partial charge in [-0.2, -0.15) is 0 Å². The van der Waals surface area contributed by atoms with Gasteiger partial charge >= 0.3 is 5.97 Å². The number of carbonyl (C=O) groups excluding carboxylic acids is 1. The van der Waals surface area contributed by atoms with E-state index >= 15 is 0 Å². The molecule has 0 atom stereocenters.